The molecule has 0 amide bonds. The van der Waals surface area contributed by atoms with Crippen LogP contribution in [0.5, 0.6) is 6.01 Å². The molecule has 0 saturated carbocycles. The number of hydrogen-bond donors (Lipinski definition) is 1. The second-order valence-corrected chi connectivity index (χ2v) is 3.19. The molecule has 1 aromatic heterocycles. The minimum atomic E-state index is -0.451. The largest absolute Gasteiger partial charge is 0.467 e. The average Bonchev–Trinajstić information content (AvgIpc) is 2.33. The van der Waals surface area contributed by atoms with Crippen LogP contribution in [0.1, 0.15) is 0 Å². The first-order valence-corrected chi connectivity index (χ1v) is 4.62. The minimum Gasteiger partial charge on any atom is -0.467 e. The Hall–Kier alpha value is -2.17. The van der Waals surface area contributed by atoms with Gasteiger partial charge in [-0.15, -0.1) is 0 Å². The van der Waals surface area contributed by atoms with Crippen LogP contribution in [0.15, 0.2) is 30.6 Å². The summed E-state index contributed by atoms with van der Waals surface area (Å²) in [5.41, 5.74) is 6.89. The molecule has 0 unspecified atom stereocenters. The summed E-state index contributed by atoms with van der Waals surface area (Å²) >= 11 is 0. The molecule has 1 heterocycles. The van der Waals surface area contributed by atoms with Crippen LogP contribution in [0.2, 0.25) is 0 Å². The Kier molecular flexibility index (Phi) is 2.68. The van der Waals surface area contributed by atoms with Crippen LogP contribution in [0, 0.1) is 5.82 Å². The van der Waals surface area contributed by atoms with Crippen LogP contribution < -0.4 is 10.5 Å². The summed E-state index contributed by atoms with van der Waals surface area (Å²) in [5, 5.41) is 0. The van der Waals surface area contributed by atoms with E-state index in [4.69, 9.17) is 10.5 Å². The third-order valence-electron chi connectivity index (χ3n) is 2.14. The molecule has 2 rings (SSSR count). The summed E-state index contributed by atoms with van der Waals surface area (Å²) in [5.74, 6) is -0.451. The van der Waals surface area contributed by atoms with E-state index < -0.39 is 5.82 Å². The lowest BCUT2D eigenvalue weighted by atomic mass is 10.1. The molecular formula is C11H10FN3O. The van der Waals surface area contributed by atoms with Gasteiger partial charge in [0.15, 0.2) is 0 Å². The number of aromatic nitrogens is 2. The monoisotopic (exact) mass is 219 g/mol. The van der Waals surface area contributed by atoms with E-state index in [9.17, 15) is 4.39 Å². The predicted molar refractivity (Wildman–Crippen MR) is 58.4 cm³/mol. The second kappa shape index (κ2) is 4.14. The van der Waals surface area contributed by atoms with Gasteiger partial charge in [-0.1, -0.05) is 6.07 Å². The molecule has 0 aliphatic rings. The quantitative estimate of drug-likeness (QED) is 0.783. The van der Waals surface area contributed by atoms with Gasteiger partial charge in [0.05, 0.1) is 12.8 Å². The fraction of sp³-hybridized carbons (Fsp3) is 0.0909. The smallest absolute Gasteiger partial charge is 0.316 e. The van der Waals surface area contributed by atoms with Gasteiger partial charge < -0.3 is 10.5 Å². The first kappa shape index (κ1) is 10.4. The maximum Gasteiger partial charge on any atom is 0.316 e. The van der Waals surface area contributed by atoms with E-state index in [2.05, 4.69) is 9.97 Å². The molecule has 2 aromatic rings. The normalized spacial score (nSPS) is 10.1. The number of nitrogens with zero attached hydrogens (tertiary/aromatic N) is 2. The highest BCUT2D eigenvalue weighted by atomic mass is 19.1. The lowest BCUT2D eigenvalue weighted by molar-refractivity contribution is 0.380. The Labute approximate surface area is 91.9 Å². The van der Waals surface area contributed by atoms with Crippen molar-refractivity contribution in [3.8, 4) is 17.1 Å². The zero-order valence-corrected chi connectivity index (χ0v) is 8.64. The maximum absolute atomic E-state index is 13.2. The van der Waals surface area contributed by atoms with Crippen molar-refractivity contribution in [2.24, 2.45) is 0 Å². The van der Waals surface area contributed by atoms with Gasteiger partial charge in [0.1, 0.15) is 5.82 Å². The maximum atomic E-state index is 13.2. The molecular weight excluding hydrogens is 209 g/mol. The summed E-state index contributed by atoms with van der Waals surface area (Å²) in [7, 11) is 1.48. The third-order valence-corrected chi connectivity index (χ3v) is 2.14. The number of ether oxygens (including phenoxy) is 1. The number of rotatable bonds is 2. The van der Waals surface area contributed by atoms with Crippen LogP contribution >= 0.6 is 0 Å². The van der Waals surface area contributed by atoms with Crippen molar-refractivity contribution < 1.29 is 9.13 Å². The number of halogens is 1. The summed E-state index contributed by atoms with van der Waals surface area (Å²) in [4.78, 5) is 7.88. The van der Waals surface area contributed by atoms with Crippen LogP contribution in [0.4, 0.5) is 10.1 Å². The molecule has 16 heavy (non-hydrogen) atoms. The lowest BCUT2D eigenvalue weighted by Gasteiger charge is -2.03. The molecule has 1 aromatic carbocycles. The van der Waals surface area contributed by atoms with Crippen molar-refractivity contribution >= 4 is 5.69 Å². The second-order valence-electron chi connectivity index (χ2n) is 3.19. The Balaban J connectivity index is 2.38. The Morgan fingerprint density at radius 3 is 2.44 bits per heavy atom. The standard InChI is InChI=1S/C11H10FN3O/c1-16-11-14-5-8(6-15-11)7-2-3-10(13)9(12)4-7/h2-6H,13H2,1H3. The predicted octanol–water partition coefficient (Wildman–Crippen LogP) is 1.87. The van der Waals surface area contributed by atoms with Crippen molar-refractivity contribution in [1.82, 2.24) is 9.97 Å². The number of anilines is 1. The molecule has 0 fully saturated rings. The first-order valence-electron chi connectivity index (χ1n) is 4.62. The van der Waals surface area contributed by atoms with E-state index in [1.54, 1.807) is 18.5 Å². The van der Waals surface area contributed by atoms with Crippen LogP contribution in [0.25, 0.3) is 11.1 Å². The van der Waals surface area contributed by atoms with Gasteiger partial charge in [0.25, 0.3) is 0 Å². The van der Waals surface area contributed by atoms with Gasteiger partial charge in [-0.25, -0.2) is 14.4 Å². The Bertz CT molecular complexity index is 499. The Morgan fingerprint density at radius 1 is 1.19 bits per heavy atom. The van der Waals surface area contributed by atoms with E-state index in [1.807, 2.05) is 0 Å². The fourth-order valence-corrected chi connectivity index (χ4v) is 1.28. The SMILES string of the molecule is COc1ncc(-c2ccc(N)c(F)c2)cn1. The molecule has 0 radical (unpaired) electrons. The number of nitrogen functional groups attached to an aromatic ring is 1. The zero-order chi connectivity index (χ0) is 11.5. The molecule has 0 aliphatic carbocycles. The van der Waals surface area contributed by atoms with Crippen LogP contribution in [-0.2, 0) is 0 Å². The lowest BCUT2D eigenvalue weighted by Crippen LogP contribution is -1.93. The van der Waals surface area contributed by atoms with E-state index in [-0.39, 0.29) is 11.7 Å². The van der Waals surface area contributed by atoms with Gasteiger partial charge >= 0.3 is 6.01 Å². The molecule has 0 atom stereocenters. The highest BCUT2D eigenvalue weighted by Crippen LogP contribution is 2.22. The van der Waals surface area contributed by atoms with Crippen molar-refractivity contribution in [3.05, 3.63) is 36.4 Å². The highest BCUT2D eigenvalue weighted by Gasteiger charge is 2.04. The van der Waals surface area contributed by atoms with Crippen molar-refractivity contribution in [2.45, 2.75) is 0 Å². The number of methoxy groups -OCH3 is 1. The highest BCUT2D eigenvalue weighted by molar-refractivity contribution is 5.64. The molecule has 0 spiro atoms. The van der Waals surface area contributed by atoms with Gasteiger partial charge in [0.2, 0.25) is 0 Å². The topological polar surface area (TPSA) is 61.0 Å². The molecule has 0 saturated heterocycles. The summed E-state index contributed by atoms with van der Waals surface area (Å²) in [6.45, 7) is 0. The van der Waals surface area contributed by atoms with Crippen molar-refractivity contribution in [2.75, 3.05) is 12.8 Å². The molecule has 5 heteroatoms. The van der Waals surface area contributed by atoms with Crippen LogP contribution in [0.3, 0.4) is 0 Å². The molecule has 0 bridgehead atoms. The van der Waals surface area contributed by atoms with E-state index in [1.165, 1.54) is 19.2 Å². The fourth-order valence-electron chi connectivity index (χ4n) is 1.28. The molecule has 2 N–H and O–H groups in total. The van der Waals surface area contributed by atoms with Gasteiger partial charge in [-0.2, -0.15) is 0 Å². The van der Waals surface area contributed by atoms with Gasteiger partial charge in [-0.3, -0.25) is 0 Å². The van der Waals surface area contributed by atoms with E-state index in [0.29, 0.717) is 11.1 Å². The summed E-state index contributed by atoms with van der Waals surface area (Å²) in [6.07, 6.45) is 3.13. The minimum absolute atomic E-state index is 0.123. The Morgan fingerprint density at radius 2 is 1.88 bits per heavy atom. The first-order chi connectivity index (χ1) is 7.70. The molecule has 4 nitrogen and oxygen atoms in total. The zero-order valence-electron chi connectivity index (χ0n) is 8.64. The van der Waals surface area contributed by atoms with Crippen molar-refractivity contribution in [1.29, 1.82) is 0 Å². The molecule has 82 valence electrons. The number of hydrogen-bond acceptors (Lipinski definition) is 4. The summed E-state index contributed by atoms with van der Waals surface area (Å²) < 4.78 is 18.1. The number of nitrogens with two attached hydrogens (primary N) is 1. The van der Waals surface area contributed by atoms with E-state index in [0.717, 1.165) is 0 Å². The molecule has 0 aliphatic heterocycles. The average molecular weight is 219 g/mol. The van der Waals surface area contributed by atoms with Gasteiger partial charge in [0, 0.05) is 18.0 Å². The summed E-state index contributed by atoms with van der Waals surface area (Å²) in [6, 6.07) is 4.85. The van der Waals surface area contributed by atoms with E-state index >= 15 is 0 Å². The third kappa shape index (κ3) is 1.93. The van der Waals surface area contributed by atoms with Crippen molar-refractivity contribution in [3.63, 3.8) is 0 Å². The number of benzene rings is 1. The van der Waals surface area contributed by atoms with Crippen LogP contribution in [-0.4, -0.2) is 17.1 Å². The van der Waals surface area contributed by atoms with Gasteiger partial charge in [-0.05, 0) is 17.7 Å².